The van der Waals surface area contributed by atoms with Crippen molar-refractivity contribution in [1.82, 2.24) is 9.97 Å². The minimum Gasteiger partial charge on any atom is -0.491 e. The van der Waals surface area contributed by atoms with Gasteiger partial charge in [0.15, 0.2) is 0 Å². The van der Waals surface area contributed by atoms with Gasteiger partial charge < -0.3 is 14.8 Å². The molecule has 0 amide bonds. The molecule has 0 radical (unpaired) electrons. The molecule has 0 saturated heterocycles. The van der Waals surface area contributed by atoms with E-state index in [1.54, 1.807) is 24.3 Å². The molecular weight excluding hydrogens is 337 g/mol. The number of nitrogens with one attached hydrogen (secondary N) is 1. The number of rotatable bonds is 4. The Morgan fingerprint density at radius 1 is 1.12 bits per heavy atom. The third-order valence-corrected chi connectivity index (χ3v) is 3.52. The molecule has 0 fully saturated rings. The Balaban J connectivity index is 1.99. The standard InChI is InChI=1S/C17H13F3N2O3/c18-17(19,20)11-3-6-14-13(9-11)16(24)22-15(21-14)10-1-4-12(5-2-10)25-8-7-23/h1-6,9,23H,7-8H2,(H,21,22,24). The maximum Gasteiger partial charge on any atom is 0.416 e. The number of ether oxygens (including phenoxy) is 1. The van der Waals surface area contributed by atoms with E-state index in [1.807, 2.05) is 0 Å². The molecule has 2 N–H and O–H groups in total. The molecule has 3 aromatic rings. The van der Waals surface area contributed by atoms with E-state index in [9.17, 15) is 18.0 Å². The van der Waals surface area contributed by atoms with Gasteiger partial charge in [-0.25, -0.2) is 4.98 Å². The highest BCUT2D eigenvalue weighted by molar-refractivity contribution is 5.80. The minimum absolute atomic E-state index is 0.110. The molecule has 5 nitrogen and oxygen atoms in total. The molecule has 0 aliphatic rings. The quantitative estimate of drug-likeness (QED) is 0.759. The predicted molar refractivity (Wildman–Crippen MR) is 85.4 cm³/mol. The lowest BCUT2D eigenvalue weighted by atomic mass is 10.1. The second kappa shape index (κ2) is 6.56. The molecule has 0 saturated carbocycles. The van der Waals surface area contributed by atoms with Gasteiger partial charge in [0.2, 0.25) is 0 Å². The van der Waals surface area contributed by atoms with Crippen LogP contribution in [0, 0.1) is 0 Å². The maximum atomic E-state index is 12.8. The summed E-state index contributed by atoms with van der Waals surface area (Å²) in [7, 11) is 0. The lowest BCUT2D eigenvalue weighted by Gasteiger charge is -2.09. The van der Waals surface area contributed by atoms with Gasteiger partial charge in [-0.2, -0.15) is 13.2 Å². The first-order valence-electron chi connectivity index (χ1n) is 7.34. The van der Waals surface area contributed by atoms with Crippen molar-refractivity contribution in [3.63, 3.8) is 0 Å². The zero-order valence-corrected chi connectivity index (χ0v) is 12.8. The van der Waals surface area contributed by atoms with Crippen molar-refractivity contribution in [2.45, 2.75) is 6.18 Å². The third kappa shape index (κ3) is 3.63. The van der Waals surface area contributed by atoms with Crippen molar-refractivity contribution in [3.05, 3.63) is 58.4 Å². The summed E-state index contributed by atoms with van der Waals surface area (Å²) in [5.41, 5.74) is -0.792. The maximum absolute atomic E-state index is 12.8. The highest BCUT2D eigenvalue weighted by Gasteiger charge is 2.30. The summed E-state index contributed by atoms with van der Waals surface area (Å²) in [6.45, 7) is 0.0488. The van der Waals surface area contributed by atoms with Crippen LogP contribution in [0.5, 0.6) is 5.75 Å². The molecule has 0 bridgehead atoms. The first-order chi connectivity index (χ1) is 11.9. The van der Waals surface area contributed by atoms with E-state index < -0.39 is 17.3 Å². The summed E-state index contributed by atoms with van der Waals surface area (Å²) in [6.07, 6.45) is -4.52. The fourth-order valence-corrected chi connectivity index (χ4v) is 2.32. The zero-order chi connectivity index (χ0) is 18.0. The summed E-state index contributed by atoms with van der Waals surface area (Å²) in [5, 5.41) is 8.59. The average Bonchev–Trinajstić information content (AvgIpc) is 2.59. The monoisotopic (exact) mass is 350 g/mol. The molecule has 3 rings (SSSR count). The zero-order valence-electron chi connectivity index (χ0n) is 12.8. The normalized spacial score (nSPS) is 11.7. The van der Waals surface area contributed by atoms with E-state index in [1.165, 1.54) is 6.07 Å². The Morgan fingerprint density at radius 2 is 1.84 bits per heavy atom. The Morgan fingerprint density at radius 3 is 2.48 bits per heavy atom. The summed E-state index contributed by atoms with van der Waals surface area (Å²) in [6, 6.07) is 9.45. The van der Waals surface area contributed by atoms with Crippen molar-refractivity contribution in [1.29, 1.82) is 0 Å². The molecule has 0 aliphatic carbocycles. The lowest BCUT2D eigenvalue weighted by molar-refractivity contribution is -0.137. The van der Waals surface area contributed by atoms with Crippen LogP contribution in [0.25, 0.3) is 22.3 Å². The van der Waals surface area contributed by atoms with Crippen molar-refractivity contribution in [2.24, 2.45) is 0 Å². The van der Waals surface area contributed by atoms with E-state index in [2.05, 4.69) is 9.97 Å². The van der Waals surface area contributed by atoms with E-state index >= 15 is 0 Å². The van der Waals surface area contributed by atoms with Crippen molar-refractivity contribution in [3.8, 4) is 17.1 Å². The largest absolute Gasteiger partial charge is 0.491 e. The fourth-order valence-electron chi connectivity index (χ4n) is 2.32. The number of nitrogens with zero attached hydrogens (tertiary/aromatic N) is 1. The van der Waals surface area contributed by atoms with Gasteiger partial charge in [-0.3, -0.25) is 4.79 Å². The molecule has 2 aromatic carbocycles. The topological polar surface area (TPSA) is 75.2 Å². The summed E-state index contributed by atoms with van der Waals surface area (Å²) in [4.78, 5) is 18.9. The highest BCUT2D eigenvalue weighted by atomic mass is 19.4. The molecule has 130 valence electrons. The minimum atomic E-state index is -4.52. The van der Waals surface area contributed by atoms with Crippen LogP contribution in [0.2, 0.25) is 0 Å². The van der Waals surface area contributed by atoms with Gasteiger partial charge in [0.1, 0.15) is 18.2 Å². The predicted octanol–water partition coefficient (Wildman–Crippen LogP) is 2.98. The third-order valence-electron chi connectivity index (χ3n) is 3.52. The van der Waals surface area contributed by atoms with Crippen molar-refractivity contribution < 1.29 is 23.0 Å². The van der Waals surface area contributed by atoms with Crippen LogP contribution in [0.15, 0.2) is 47.3 Å². The van der Waals surface area contributed by atoms with Crippen molar-refractivity contribution in [2.75, 3.05) is 13.2 Å². The number of H-pyrrole nitrogens is 1. The number of aromatic nitrogens is 2. The first kappa shape index (κ1) is 17.0. The van der Waals surface area contributed by atoms with Gasteiger partial charge in [0.05, 0.1) is 23.1 Å². The van der Waals surface area contributed by atoms with Gasteiger partial charge in [-0.05, 0) is 42.5 Å². The number of aliphatic hydroxyl groups is 1. The number of aromatic amines is 1. The SMILES string of the molecule is O=c1[nH]c(-c2ccc(OCCO)cc2)nc2ccc(C(F)(F)F)cc12. The van der Waals surface area contributed by atoms with Crippen molar-refractivity contribution >= 4 is 10.9 Å². The second-order valence-corrected chi connectivity index (χ2v) is 5.24. The Labute approximate surface area is 139 Å². The van der Waals surface area contributed by atoms with Crippen LogP contribution in [-0.2, 0) is 6.18 Å². The van der Waals surface area contributed by atoms with E-state index in [0.29, 0.717) is 11.3 Å². The Kier molecular flexibility index (Phi) is 4.45. The Bertz CT molecular complexity index is 950. The number of aliphatic hydroxyl groups excluding tert-OH is 1. The highest BCUT2D eigenvalue weighted by Crippen LogP contribution is 2.30. The summed E-state index contributed by atoms with van der Waals surface area (Å²) in [5.74, 6) is 0.779. The van der Waals surface area contributed by atoms with E-state index in [4.69, 9.17) is 9.84 Å². The van der Waals surface area contributed by atoms with Crippen LogP contribution in [-0.4, -0.2) is 28.3 Å². The van der Waals surface area contributed by atoms with Crippen LogP contribution in [0.4, 0.5) is 13.2 Å². The molecule has 0 spiro atoms. The number of fused-ring (bicyclic) bond motifs is 1. The molecule has 0 unspecified atom stereocenters. The van der Waals surface area contributed by atoms with Gasteiger partial charge in [0.25, 0.3) is 5.56 Å². The smallest absolute Gasteiger partial charge is 0.416 e. The number of alkyl halides is 3. The average molecular weight is 350 g/mol. The molecule has 1 aromatic heterocycles. The van der Waals surface area contributed by atoms with Gasteiger partial charge in [-0.15, -0.1) is 0 Å². The van der Waals surface area contributed by atoms with Gasteiger partial charge in [-0.1, -0.05) is 0 Å². The molecule has 1 heterocycles. The summed E-state index contributed by atoms with van der Waals surface area (Å²) < 4.78 is 43.5. The molecule has 0 atom stereocenters. The first-order valence-corrected chi connectivity index (χ1v) is 7.34. The number of halogens is 3. The van der Waals surface area contributed by atoms with E-state index in [0.717, 1.165) is 12.1 Å². The van der Waals surface area contributed by atoms with Crippen LogP contribution >= 0.6 is 0 Å². The lowest BCUT2D eigenvalue weighted by Crippen LogP contribution is -2.12. The molecule has 25 heavy (non-hydrogen) atoms. The van der Waals surface area contributed by atoms with Crippen LogP contribution < -0.4 is 10.3 Å². The van der Waals surface area contributed by atoms with Gasteiger partial charge >= 0.3 is 6.18 Å². The number of hydrogen-bond donors (Lipinski definition) is 2. The number of benzene rings is 2. The molecule has 0 aliphatic heterocycles. The number of hydrogen-bond acceptors (Lipinski definition) is 4. The van der Waals surface area contributed by atoms with Gasteiger partial charge in [0, 0.05) is 5.56 Å². The second-order valence-electron chi connectivity index (χ2n) is 5.24. The van der Waals surface area contributed by atoms with Crippen LogP contribution in [0.3, 0.4) is 0 Å². The molecule has 8 heteroatoms. The fraction of sp³-hybridized carbons (Fsp3) is 0.176. The van der Waals surface area contributed by atoms with Crippen LogP contribution in [0.1, 0.15) is 5.56 Å². The molecular formula is C17H13F3N2O3. The summed E-state index contributed by atoms with van der Waals surface area (Å²) >= 11 is 0. The van der Waals surface area contributed by atoms with E-state index in [-0.39, 0.29) is 29.9 Å². The Hall–Kier alpha value is -2.87.